The van der Waals surface area contributed by atoms with Crippen LogP contribution in [-0.2, 0) is 16.0 Å². The highest BCUT2D eigenvalue weighted by Gasteiger charge is 2.30. The van der Waals surface area contributed by atoms with Crippen LogP contribution in [0.3, 0.4) is 0 Å². The van der Waals surface area contributed by atoms with Crippen molar-refractivity contribution in [3.8, 4) is 5.75 Å². The molecule has 25 heavy (non-hydrogen) atoms. The van der Waals surface area contributed by atoms with Gasteiger partial charge in [0.15, 0.2) is 0 Å². The minimum absolute atomic E-state index is 0.0733. The van der Waals surface area contributed by atoms with Crippen LogP contribution in [0, 0.1) is 0 Å². The number of fused-ring (bicyclic) bond motifs is 1. The molecule has 0 aromatic heterocycles. The normalized spacial score (nSPS) is 16.5. The summed E-state index contributed by atoms with van der Waals surface area (Å²) < 4.78 is 10.4. The van der Waals surface area contributed by atoms with E-state index in [0.29, 0.717) is 17.7 Å². The predicted octanol–water partition coefficient (Wildman–Crippen LogP) is 2.70. The second-order valence-electron chi connectivity index (χ2n) is 6.13. The third kappa shape index (κ3) is 3.65. The van der Waals surface area contributed by atoms with E-state index in [1.54, 1.807) is 24.3 Å². The summed E-state index contributed by atoms with van der Waals surface area (Å²) in [5.74, 6) is 0.412. The predicted molar refractivity (Wildman–Crippen MR) is 93.8 cm³/mol. The number of esters is 1. The maximum absolute atomic E-state index is 12.7. The van der Waals surface area contributed by atoms with Crippen molar-refractivity contribution in [1.82, 2.24) is 5.32 Å². The highest BCUT2D eigenvalue weighted by molar-refractivity contribution is 5.97. The lowest BCUT2D eigenvalue weighted by Crippen LogP contribution is -2.38. The monoisotopic (exact) mass is 339 g/mol. The maximum atomic E-state index is 12.7. The average Bonchev–Trinajstić information content (AvgIpc) is 3.06. The summed E-state index contributed by atoms with van der Waals surface area (Å²) in [7, 11) is 1.34. The zero-order chi connectivity index (χ0) is 17.8. The van der Waals surface area contributed by atoms with Crippen molar-refractivity contribution < 1.29 is 19.1 Å². The molecule has 2 aromatic carbocycles. The minimum Gasteiger partial charge on any atom is -0.493 e. The number of hydrogen-bond donors (Lipinski definition) is 1. The molecule has 1 N–H and O–H groups in total. The Morgan fingerprint density at radius 3 is 2.72 bits per heavy atom. The average molecular weight is 339 g/mol. The van der Waals surface area contributed by atoms with Crippen LogP contribution >= 0.6 is 0 Å². The number of methoxy groups -OCH3 is 1. The zero-order valence-electron chi connectivity index (χ0n) is 14.3. The molecule has 0 radical (unpaired) electrons. The molecule has 1 heterocycles. The lowest BCUT2D eigenvalue weighted by atomic mass is 9.94. The van der Waals surface area contributed by atoms with Gasteiger partial charge in [-0.15, -0.1) is 0 Å². The molecule has 1 amide bonds. The van der Waals surface area contributed by atoms with Crippen LogP contribution in [0.15, 0.2) is 48.5 Å². The van der Waals surface area contributed by atoms with Gasteiger partial charge in [-0.2, -0.15) is 0 Å². The van der Waals surface area contributed by atoms with Gasteiger partial charge >= 0.3 is 5.97 Å². The van der Waals surface area contributed by atoms with Crippen molar-refractivity contribution in [2.75, 3.05) is 13.7 Å². The summed E-state index contributed by atoms with van der Waals surface area (Å²) in [5, 5.41) is 3.04. The van der Waals surface area contributed by atoms with Gasteiger partial charge in [0, 0.05) is 23.1 Å². The molecule has 0 saturated heterocycles. The van der Waals surface area contributed by atoms with Crippen LogP contribution in [0.4, 0.5) is 0 Å². The Balaban J connectivity index is 1.74. The second-order valence-corrected chi connectivity index (χ2v) is 6.13. The van der Waals surface area contributed by atoms with Gasteiger partial charge in [0.1, 0.15) is 5.75 Å². The first-order valence-electron chi connectivity index (χ1n) is 8.27. The van der Waals surface area contributed by atoms with Crippen molar-refractivity contribution in [3.63, 3.8) is 0 Å². The van der Waals surface area contributed by atoms with E-state index < -0.39 is 0 Å². The van der Waals surface area contributed by atoms with Gasteiger partial charge in [-0.25, -0.2) is 0 Å². The minimum atomic E-state index is -0.369. The SMILES string of the molecule is COC(=O)Cc1ccccc1C(=O)N[C@@H](C)[C@@H]1COc2ccccc21. The van der Waals surface area contributed by atoms with Crippen LogP contribution in [0.2, 0.25) is 0 Å². The van der Waals surface area contributed by atoms with Gasteiger partial charge in [-0.1, -0.05) is 36.4 Å². The largest absolute Gasteiger partial charge is 0.493 e. The second kappa shape index (κ2) is 7.38. The topological polar surface area (TPSA) is 64.6 Å². The molecule has 0 saturated carbocycles. The highest BCUT2D eigenvalue weighted by atomic mass is 16.5. The molecule has 1 aliphatic heterocycles. The standard InChI is InChI=1S/C20H21NO4/c1-13(17-12-25-18-10-6-5-9-16(17)18)21-20(23)15-8-4-3-7-14(15)11-19(22)24-2/h3-10,13,17H,11-12H2,1-2H3,(H,21,23)/t13-,17-/m0/s1. The van der Waals surface area contributed by atoms with Crippen LogP contribution in [0.25, 0.3) is 0 Å². The number of hydrogen-bond acceptors (Lipinski definition) is 4. The highest BCUT2D eigenvalue weighted by Crippen LogP contribution is 2.35. The number of carbonyl (C=O) groups is 2. The molecule has 1 aliphatic rings. The molecule has 0 aliphatic carbocycles. The van der Waals surface area contributed by atoms with Crippen LogP contribution in [-0.4, -0.2) is 31.6 Å². The summed E-state index contributed by atoms with van der Waals surface area (Å²) in [5.41, 5.74) is 2.26. The smallest absolute Gasteiger partial charge is 0.310 e. The van der Waals surface area contributed by atoms with E-state index in [1.165, 1.54) is 7.11 Å². The lowest BCUT2D eigenvalue weighted by Gasteiger charge is -2.20. The van der Waals surface area contributed by atoms with Crippen molar-refractivity contribution >= 4 is 11.9 Å². The summed E-state index contributed by atoms with van der Waals surface area (Å²) in [6, 6.07) is 14.9. The summed E-state index contributed by atoms with van der Waals surface area (Å²) in [6.07, 6.45) is 0.0733. The fraction of sp³-hybridized carbons (Fsp3) is 0.300. The van der Waals surface area contributed by atoms with Crippen molar-refractivity contribution in [2.45, 2.75) is 25.3 Å². The van der Waals surface area contributed by atoms with Crippen LogP contribution in [0.5, 0.6) is 5.75 Å². The van der Waals surface area contributed by atoms with Crippen molar-refractivity contribution in [2.24, 2.45) is 0 Å². The molecule has 5 nitrogen and oxygen atoms in total. The Kier molecular flexibility index (Phi) is 5.03. The molecular weight excluding hydrogens is 318 g/mol. The van der Waals surface area contributed by atoms with Crippen LogP contribution < -0.4 is 10.1 Å². The zero-order valence-corrected chi connectivity index (χ0v) is 14.3. The van der Waals surface area contributed by atoms with Gasteiger partial charge in [0.25, 0.3) is 5.91 Å². The Morgan fingerprint density at radius 2 is 1.92 bits per heavy atom. The number of carbonyl (C=O) groups excluding carboxylic acids is 2. The Hall–Kier alpha value is -2.82. The first-order valence-corrected chi connectivity index (χ1v) is 8.27. The number of rotatable bonds is 5. The Bertz CT molecular complexity index is 787. The molecule has 2 aromatic rings. The van der Waals surface area contributed by atoms with E-state index in [1.807, 2.05) is 31.2 Å². The van der Waals surface area contributed by atoms with Gasteiger partial charge in [0.2, 0.25) is 0 Å². The molecule has 0 spiro atoms. The number of amides is 1. The van der Waals surface area contributed by atoms with E-state index >= 15 is 0 Å². The number of ether oxygens (including phenoxy) is 2. The van der Waals surface area contributed by atoms with E-state index in [2.05, 4.69) is 5.32 Å². The van der Waals surface area contributed by atoms with Crippen molar-refractivity contribution in [1.29, 1.82) is 0 Å². The van der Waals surface area contributed by atoms with Crippen molar-refractivity contribution in [3.05, 3.63) is 65.2 Å². The molecule has 5 heteroatoms. The quantitative estimate of drug-likeness (QED) is 0.851. The summed E-state index contributed by atoms with van der Waals surface area (Å²) in [6.45, 7) is 2.52. The fourth-order valence-electron chi connectivity index (χ4n) is 3.11. The van der Waals surface area contributed by atoms with E-state index in [9.17, 15) is 9.59 Å². The molecule has 0 fully saturated rings. The molecule has 3 rings (SSSR count). The summed E-state index contributed by atoms with van der Waals surface area (Å²) >= 11 is 0. The van der Waals surface area contributed by atoms with E-state index in [0.717, 1.165) is 11.3 Å². The molecular formula is C20H21NO4. The Morgan fingerprint density at radius 1 is 1.20 bits per heavy atom. The number of para-hydroxylation sites is 1. The van der Waals surface area contributed by atoms with Gasteiger partial charge in [0.05, 0.1) is 20.1 Å². The van der Waals surface area contributed by atoms with Gasteiger partial charge < -0.3 is 14.8 Å². The molecule has 130 valence electrons. The third-order valence-corrected chi connectivity index (χ3v) is 4.52. The van der Waals surface area contributed by atoms with Gasteiger partial charge in [-0.3, -0.25) is 9.59 Å². The van der Waals surface area contributed by atoms with Crippen LogP contribution in [0.1, 0.15) is 34.3 Å². The Labute approximate surface area is 147 Å². The molecule has 2 atom stereocenters. The molecule has 0 bridgehead atoms. The maximum Gasteiger partial charge on any atom is 0.310 e. The fourth-order valence-corrected chi connectivity index (χ4v) is 3.11. The first kappa shape index (κ1) is 17.0. The lowest BCUT2D eigenvalue weighted by molar-refractivity contribution is -0.139. The first-order chi connectivity index (χ1) is 12.1. The summed E-state index contributed by atoms with van der Waals surface area (Å²) in [4.78, 5) is 24.3. The third-order valence-electron chi connectivity index (χ3n) is 4.52. The van der Waals surface area contributed by atoms with Gasteiger partial charge in [-0.05, 0) is 24.6 Å². The molecule has 0 unspecified atom stereocenters. The van der Waals surface area contributed by atoms with E-state index in [4.69, 9.17) is 9.47 Å². The number of benzene rings is 2. The number of nitrogens with one attached hydrogen (secondary N) is 1. The van der Waals surface area contributed by atoms with E-state index in [-0.39, 0.29) is 30.3 Å².